The average Bonchev–Trinajstić information content (AvgIpc) is 2.64. The third kappa shape index (κ3) is 2.22. The second-order valence-electron chi connectivity index (χ2n) is 4.40. The van der Waals surface area contributed by atoms with Crippen molar-refractivity contribution < 1.29 is 4.74 Å². The van der Waals surface area contributed by atoms with E-state index in [-0.39, 0.29) is 0 Å². The van der Waals surface area contributed by atoms with E-state index < -0.39 is 0 Å². The lowest BCUT2D eigenvalue weighted by Crippen LogP contribution is -2.19. The largest absolute Gasteiger partial charge is 0.501 e. The molecule has 2 bridgehead atoms. The molecule has 0 spiro atoms. The van der Waals surface area contributed by atoms with Gasteiger partial charge in [0.25, 0.3) is 0 Å². The Morgan fingerprint density at radius 2 is 2.31 bits per heavy atom. The predicted octanol–water partition coefficient (Wildman–Crippen LogP) is 3.21. The Labute approximate surface area is 84.9 Å². The van der Waals surface area contributed by atoms with Gasteiger partial charge >= 0.3 is 0 Å². The lowest BCUT2D eigenvalue weighted by Gasteiger charge is -2.19. The lowest BCUT2D eigenvalue weighted by atomic mass is 9.90. The first kappa shape index (κ1) is 9.45. The van der Waals surface area contributed by atoms with E-state index >= 15 is 0 Å². The minimum absolute atomic E-state index is 0.833. The van der Waals surface area contributed by atoms with Crippen LogP contribution in [0.15, 0.2) is 11.8 Å². The fraction of sp³-hybridized carbons (Fsp3) is 0.818. The van der Waals surface area contributed by atoms with Crippen LogP contribution in [-0.4, -0.2) is 17.1 Å². The molecule has 2 saturated heterocycles. The summed E-state index contributed by atoms with van der Waals surface area (Å²) in [6.45, 7) is 5.10. The molecule has 2 heteroatoms. The number of hydrogen-bond donors (Lipinski definition) is 0. The first-order valence-electron chi connectivity index (χ1n) is 5.16. The number of allylic oxidation sites excluding steroid dienone is 1. The fourth-order valence-electron chi connectivity index (χ4n) is 2.26. The van der Waals surface area contributed by atoms with E-state index in [4.69, 9.17) is 4.74 Å². The molecule has 13 heavy (non-hydrogen) atoms. The van der Waals surface area contributed by atoms with Gasteiger partial charge in [-0.25, -0.2) is 0 Å². The Bertz CT molecular complexity index is 208. The van der Waals surface area contributed by atoms with E-state index in [1.807, 2.05) is 6.26 Å². The van der Waals surface area contributed by atoms with Gasteiger partial charge in [0.2, 0.25) is 0 Å². The zero-order chi connectivity index (χ0) is 9.26. The van der Waals surface area contributed by atoms with E-state index in [0.717, 1.165) is 23.0 Å². The van der Waals surface area contributed by atoms with Crippen molar-refractivity contribution in [1.82, 2.24) is 0 Å². The Kier molecular flexibility index (Phi) is 2.87. The van der Waals surface area contributed by atoms with Crippen molar-refractivity contribution in [3.8, 4) is 0 Å². The van der Waals surface area contributed by atoms with Crippen molar-refractivity contribution in [3.05, 3.63) is 11.8 Å². The van der Waals surface area contributed by atoms with Gasteiger partial charge in [-0.3, -0.25) is 0 Å². The number of thioether (sulfide) groups is 1. The molecule has 2 heterocycles. The summed E-state index contributed by atoms with van der Waals surface area (Å²) in [7, 11) is 0. The standard InChI is InChI=1S/C11H18OS/c1-8(2)6-12-7-9-5-10-3-4-11(9)13-10/h6,9-11H,3-5,7H2,1-2H3. The first-order chi connectivity index (χ1) is 6.25. The van der Waals surface area contributed by atoms with Crippen LogP contribution in [0.1, 0.15) is 33.1 Å². The number of hydrogen-bond acceptors (Lipinski definition) is 2. The maximum absolute atomic E-state index is 5.56. The van der Waals surface area contributed by atoms with E-state index in [2.05, 4.69) is 25.6 Å². The van der Waals surface area contributed by atoms with Crippen molar-refractivity contribution in [3.63, 3.8) is 0 Å². The molecule has 0 aromatic carbocycles. The van der Waals surface area contributed by atoms with E-state index in [9.17, 15) is 0 Å². The first-order valence-corrected chi connectivity index (χ1v) is 6.10. The third-order valence-electron chi connectivity index (χ3n) is 2.86. The van der Waals surface area contributed by atoms with Gasteiger partial charge in [-0.15, -0.1) is 0 Å². The summed E-state index contributed by atoms with van der Waals surface area (Å²) in [5, 5.41) is 1.88. The van der Waals surface area contributed by atoms with Crippen molar-refractivity contribution >= 4 is 11.8 Å². The van der Waals surface area contributed by atoms with Crippen LogP contribution < -0.4 is 0 Å². The number of ether oxygens (including phenoxy) is 1. The summed E-state index contributed by atoms with van der Waals surface area (Å²) >= 11 is 2.20. The van der Waals surface area contributed by atoms with Crippen LogP contribution in [0.25, 0.3) is 0 Å². The molecule has 2 aliphatic heterocycles. The summed E-state index contributed by atoms with van der Waals surface area (Å²) in [5.41, 5.74) is 1.26. The Hall–Kier alpha value is -0.110. The van der Waals surface area contributed by atoms with Crippen LogP contribution in [-0.2, 0) is 4.74 Å². The molecular formula is C11H18OS. The van der Waals surface area contributed by atoms with Gasteiger partial charge in [0.05, 0.1) is 12.9 Å². The molecule has 0 N–H and O–H groups in total. The van der Waals surface area contributed by atoms with Crippen LogP contribution in [0.3, 0.4) is 0 Å². The molecular weight excluding hydrogens is 180 g/mol. The molecule has 0 aromatic heterocycles. The molecule has 0 radical (unpaired) electrons. The predicted molar refractivity (Wildman–Crippen MR) is 57.9 cm³/mol. The normalized spacial score (nSPS) is 36.3. The topological polar surface area (TPSA) is 9.23 Å². The zero-order valence-electron chi connectivity index (χ0n) is 8.45. The SMILES string of the molecule is CC(C)=COCC1CC2CCC1S2. The van der Waals surface area contributed by atoms with Crippen molar-refractivity contribution in [2.45, 2.75) is 43.6 Å². The van der Waals surface area contributed by atoms with Gasteiger partial charge in [0, 0.05) is 16.4 Å². The van der Waals surface area contributed by atoms with Crippen LogP contribution in [0.5, 0.6) is 0 Å². The molecule has 3 atom stereocenters. The Morgan fingerprint density at radius 1 is 1.46 bits per heavy atom. The van der Waals surface area contributed by atoms with Gasteiger partial charge in [-0.1, -0.05) is 0 Å². The number of fused-ring (bicyclic) bond motifs is 2. The molecule has 2 fully saturated rings. The zero-order valence-corrected chi connectivity index (χ0v) is 9.27. The second kappa shape index (κ2) is 3.95. The Morgan fingerprint density at radius 3 is 2.85 bits per heavy atom. The van der Waals surface area contributed by atoms with Gasteiger partial charge in [-0.05, 0) is 38.7 Å². The molecule has 3 unspecified atom stereocenters. The highest BCUT2D eigenvalue weighted by Crippen LogP contribution is 2.49. The van der Waals surface area contributed by atoms with Crippen LogP contribution in [0.2, 0.25) is 0 Å². The van der Waals surface area contributed by atoms with Crippen LogP contribution in [0.4, 0.5) is 0 Å². The molecule has 2 rings (SSSR count). The Balaban J connectivity index is 1.74. The van der Waals surface area contributed by atoms with E-state index in [1.165, 1.54) is 24.8 Å². The van der Waals surface area contributed by atoms with E-state index in [0.29, 0.717) is 0 Å². The molecule has 1 nitrogen and oxygen atoms in total. The molecule has 0 aliphatic carbocycles. The van der Waals surface area contributed by atoms with Crippen LogP contribution in [0, 0.1) is 5.92 Å². The van der Waals surface area contributed by atoms with Gasteiger partial charge < -0.3 is 4.74 Å². The van der Waals surface area contributed by atoms with Gasteiger partial charge in [0.15, 0.2) is 0 Å². The third-order valence-corrected chi connectivity index (χ3v) is 4.64. The summed E-state index contributed by atoms with van der Waals surface area (Å²) in [6.07, 6.45) is 6.18. The smallest absolute Gasteiger partial charge is 0.0912 e. The lowest BCUT2D eigenvalue weighted by molar-refractivity contribution is 0.178. The molecule has 0 amide bonds. The van der Waals surface area contributed by atoms with Crippen LogP contribution >= 0.6 is 11.8 Å². The van der Waals surface area contributed by atoms with Gasteiger partial charge in [-0.2, -0.15) is 11.8 Å². The molecule has 0 saturated carbocycles. The fourth-order valence-corrected chi connectivity index (χ4v) is 4.07. The van der Waals surface area contributed by atoms with Crippen molar-refractivity contribution in [2.24, 2.45) is 5.92 Å². The summed E-state index contributed by atoms with van der Waals surface area (Å²) < 4.78 is 5.56. The molecule has 0 aromatic rings. The summed E-state index contributed by atoms with van der Waals surface area (Å²) in [6, 6.07) is 0. The highest BCUT2D eigenvalue weighted by molar-refractivity contribution is 8.01. The average molecular weight is 198 g/mol. The second-order valence-corrected chi connectivity index (χ2v) is 5.94. The number of rotatable bonds is 3. The highest BCUT2D eigenvalue weighted by atomic mass is 32.2. The van der Waals surface area contributed by atoms with Crippen molar-refractivity contribution in [1.29, 1.82) is 0 Å². The summed E-state index contributed by atoms with van der Waals surface area (Å²) in [4.78, 5) is 0. The highest BCUT2D eigenvalue weighted by Gasteiger charge is 2.40. The van der Waals surface area contributed by atoms with E-state index in [1.54, 1.807) is 0 Å². The minimum atomic E-state index is 0.833. The van der Waals surface area contributed by atoms with Gasteiger partial charge in [0.1, 0.15) is 0 Å². The monoisotopic (exact) mass is 198 g/mol. The molecule has 2 aliphatic rings. The molecule has 74 valence electrons. The maximum atomic E-state index is 5.56. The quantitative estimate of drug-likeness (QED) is 0.644. The summed E-state index contributed by atoms with van der Waals surface area (Å²) in [5.74, 6) is 0.833. The minimum Gasteiger partial charge on any atom is -0.501 e. The maximum Gasteiger partial charge on any atom is 0.0912 e. The van der Waals surface area contributed by atoms with Crippen molar-refractivity contribution in [2.75, 3.05) is 6.61 Å².